The molecule has 2 aromatic carbocycles. The second-order valence-electron chi connectivity index (χ2n) is 6.53. The Kier molecular flexibility index (Phi) is 6.32. The van der Waals surface area contributed by atoms with Crippen LogP contribution < -0.4 is 14.7 Å². The molecule has 0 N–H and O–H groups in total. The van der Waals surface area contributed by atoms with Gasteiger partial charge in [-0.15, -0.1) is 0 Å². The lowest BCUT2D eigenvalue weighted by molar-refractivity contribution is -0.106. The molecule has 0 unspecified atom stereocenters. The molecule has 0 spiro atoms. The maximum absolute atomic E-state index is 11.4. The standard InChI is InChI=1S/C22H29N3OS/c1-5-23(6-2)17-9-11-19-21(15-17)27-22-16-18(24(7-3)8-4)10-12-20(22)25(19)13-14-26/h9-12,14-16H,5-8,13H2,1-4H3. The molecule has 0 aromatic heterocycles. The van der Waals surface area contributed by atoms with Crippen molar-refractivity contribution in [3.63, 3.8) is 0 Å². The van der Waals surface area contributed by atoms with Crippen LogP contribution in [0.2, 0.25) is 0 Å². The van der Waals surface area contributed by atoms with Crippen LogP contribution in [-0.4, -0.2) is 39.0 Å². The normalized spacial score (nSPS) is 12.4. The van der Waals surface area contributed by atoms with Gasteiger partial charge in [0, 0.05) is 47.3 Å². The fraction of sp³-hybridized carbons (Fsp3) is 0.409. The highest BCUT2D eigenvalue weighted by atomic mass is 32.2. The number of hydrogen-bond donors (Lipinski definition) is 0. The van der Waals surface area contributed by atoms with E-state index in [0.29, 0.717) is 6.54 Å². The molecule has 0 fully saturated rings. The molecule has 27 heavy (non-hydrogen) atoms. The molecule has 0 atom stereocenters. The van der Waals surface area contributed by atoms with E-state index in [1.54, 1.807) is 11.8 Å². The summed E-state index contributed by atoms with van der Waals surface area (Å²) in [5.41, 5.74) is 4.71. The van der Waals surface area contributed by atoms with Crippen LogP contribution in [0.15, 0.2) is 46.2 Å². The Balaban J connectivity index is 2.05. The quantitative estimate of drug-likeness (QED) is 0.585. The highest BCUT2D eigenvalue weighted by Gasteiger charge is 2.24. The number of anilines is 4. The first-order valence-electron chi connectivity index (χ1n) is 9.83. The van der Waals surface area contributed by atoms with Gasteiger partial charge in [0.2, 0.25) is 0 Å². The number of nitrogens with zero attached hydrogens (tertiary/aromatic N) is 3. The number of benzene rings is 2. The smallest absolute Gasteiger partial charge is 0.139 e. The molecule has 1 aliphatic rings. The Labute approximate surface area is 167 Å². The fourth-order valence-electron chi connectivity index (χ4n) is 3.71. The third-order valence-corrected chi connectivity index (χ3v) is 6.30. The van der Waals surface area contributed by atoms with Crippen LogP contribution in [0.25, 0.3) is 0 Å². The lowest BCUT2D eigenvalue weighted by Gasteiger charge is -2.33. The lowest BCUT2D eigenvalue weighted by atomic mass is 10.2. The Bertz CT molecular complexity index is 739. The first-order chi connectivity index (χ1) is 13.2. The first kappa shape index (κ1) is 19.6. The van der Waals surface area contributed by atoms with Gasteiger partial charge >= 0.3 is 0 Å². The summed E-state index contributed by atoms with van der Waals surface area (Å²) < 4.78 is 0. The van der Waals surface area contributed by atoms with E-state index < -0.39 is 0 Å². The van der Waals surface area contributed by atoms with Gasteiger partial charge in [-0.05, 0) is 64.1 Å². The molecule has 2 aromatic rings. The summed E-state index contributed by atoms with van der Waals surface area (Å²) in [4.78, 5) is 20.6. The van der Waals surface area contributed by atoms with Crippen molar-refractivity contribution in [1.82, 2.24) is 0 Å². The molecular weight excluding hydrogens is 354 g/mol. The number of fused-ring (bicyclic) bond motifs is 2. The summed E-state index contributed by atoms with van der Waals surface area (Å²) >= 11 is 1.81. The molecule has 0 amide bonds. The minimum Gasteiger partial charge on any atom is -0.372 e. The minimum atomic E-state index is 0.371. The van der Waals surface area contributed by atoms with Crippen LogP contribution in [0.1, 0.15) is 27.7 Å². The molecule has 0 saturated carbocycles. The van der Waals surface area contributed by atoms with Crippen LogP contribution in [0.5, 0.6) is 0 Å². The van der Waals surface area contributed by atoms with Crippen molar-refractivity contribution in [3.8, 4) is 0 Å². The highest BCUT2D eigenvalue weighted by Crippen LogP contribution is 2.50. The molecule has 3 rings (SSSR count). The average Bonchev–Trinajstić information content (AvgIpc) is 2.69. The Morgan fingerprint density at radius 1 is 0.815 bits per heavy atom. The van der Waals surface area contributed by atoms with Gasteiger partial charge in [0.15, 0.2) is 0 Å². The van der Waals surface area contributed by atoms with Gasteiger partial charge < -0.3 is 19.5 Å². The summed E-state index contributed by atoms with van der Waals surface area (Å²) in [6.45, 7) is 13.0. The molecule has 1 heterocycles. The maximum atomic E-state index is 11.4. The van der Waals surface area contributed by atoms with Crippen molar-refractivity contribution in [1.29, 1.82) is 0 Å². The van der Waals surface area contributed by atoms with E-state index in [-0.39, 0.29) is 0 Å². The second-order valence-corrected chi connectivity index (χ2v) is 7.61. The van der Waals surface area contributed by atoms with Crippen LogP contribution >= 0.6 is 11.8 Å². The van der Waals surface area contributed by atoms with Gasteiger partial charge in [-0.3, -0.25) is 0 Å². The largest absolute Gasteiger partial charge is 0.372 e. The molecule has 0 bridgehead atoms. The number of carbonyl (C=O) groups excluding carboxylic acids is 1. The maximum Gasteiger partial charge on any atom is 0.139 e. The van der Waals surface area contributed by atoms with E-state index in [1.807, 2.05) is 0 Å². The summed E-state index contributed by atoms with van der Waals surface area (Å²) in [5.74, 6) is 0. The zero-order valence-corrected chi connectivity index (χ0v) is 17.6. The predicted molar refractivity (Wildman–Crippen MR) is 117 cm³/mol. The van der Waals surface area contributed by atoms with Crippen molar-refractivity contribution in [2.75, 3.05) is 47.4 Å². The van der Waals surface area contributed by atoms with Crippen molar-refractivity contribution in [2.45, 2.75) is 37.5 Å². The van der Waals surface area contributed by atoms with E-state index in [2.05, 4.69) is 78.8 Å². The van der Waals surface area contributed by atoms with Crippen molar-refractivity contribution < 1.29 is 4.79 Å². The predicted octanol–water partition coefficient (Wildman–Crippen LogP) is 5.18. The topological polar surface area (TPSA) is 26.8 Å². The SMILES string of the molecule is CCN(CC)c1ccc2c(c1)Sc1cc(N(CC)CC)ccc1N2CC=O. The van der Waals surface area contributed by atoms with Gasteiger partial charge in [0.05, 0.1) is 17.9 Å². The Morgan fingerprint density at radius 2 is 1.26 bits per heavy atom. The third kappa shape index (κ3) is 3.79. The van der Waals surface area contributed by atoms with E-state index in [4.69, 9.17) is 0 Å². The lowest BCUT2D eigenvalue weighted by Crippen LogP contribution is -2.25. The minimum absolute atomic E-state index is 0.371. The van der Waals surface area contributed by atoms with Gasteiger partial charge in [0.25, 0.3) is 0 Å². The molecule has 0 aliphatic carbocycles. The molecule has 4 nitrogen and oxygen atoms in total. The highest BCUT2D eigenvalue weighted by molar-refractivity contribution is 7.99. The Morgan fingerprint density at radius 3 is 1.63 bits per heavy atom. The zero-order valence-electron chi connectivity index (χ0n) is 16.7. The molecule has 144 valence electrons. The van der Waals surface area contributed by atoms with E-state index in [1.165, 1.54) is 21.2 Å². The fourth-order valence-corrected chi connectivity index (χ4v) is 4.87. The van der Waals surface area contributed by atoms with E-state index >= 15 is 0 Å². The summed E-state index contributed by atoms with van der Waals surface area (Å²) in [7, 11) is 0. The number of hydrogen-bond acceptors (Lipinski definition) is 5. The zero-order chi connectivity index (χ0) is 19.4. The van der Waals surface area contributed by atoms with Crippen LogP contribution in [0.4, 0.5) is 22.7 Å². The van der Waals surface area contributed by atoms with Crippen molar-refractivity contribution in [2.24, 2.45) is 0 Å². The third-order valence-electron chi connectivity index (χ3n) is 5.20. The van der Waals surface area contributed by atoms with Gasteiger partial charge in [-0.2, -0.15) is 0 Å². The van der Waals surface area contributed by atoms with E-state index in [0.717, 1.165) is 43.8 Å². The van der Waals surface area contributed by atoms with Crippen molar-refractivity contribution >= 4 is 40.8 Å². The van der Waals surface area contributed by atoms with Crippen LogP contribution in [-0.2, 0) is 4.79 Å². The molecule has 5 heteroatoms. The first-order valence-corrected chi connectivity index (χ1v) is 10.6. The van der Waals surface area contributed by atoms with Crippen LogP contribution in [0, 0.1) is 0 Å². The number of carbonyl (C=O) groups is 1. The van der Waals surface area contributed by atoms with Gasteiger partial charge in [-0.1, -0.05) is 11.8 Å². The molecular formula is C22H29N3OS. The van der Waals surface area contributed by atoms with Crippen LogP contribution in [0.3, 0.4) is 0 Å². The average molecular weight is 384 g/mol. The summed E-state index contributed by atoms with van der Waals surface area (Å²) in [5, 5.41) is 0. The molecule has 1 aliphatic heterocycles. The summed E-state index contributed by atoms with van der Waals surface area (Å²) in [6, 6.07) is 13.2. The summed E-state index contributed by atoms with van der Waals surface area (Å²) in [6.07, 6.45) is 0.986. The second kappa shape index (κ2) is 8.70. The van der Waals surface area contributed by atoms with E-state index in [9.17, 15) is 4.79 Å². The molecule has 0 radical (unpaired) electrons. The number of aldehydes is 1. The molecule has 0 saturated heterocycles. The Hall–Kier alpha value is -2.14. The van der Waals surface area contributed by atoms with Crippen molar-refractivity contribution in [3.05, 3.63) is 36.4 Å². The number of rotatable bonds is 8. The van der Waals surface area contributed by atoms with Gasteiger partial charge in [-0.25, -0.2) is 0 Å². The van der Waals surface area contributed by atoms with Gasteiger partial charge in [0.1, 0.15) is 6.29 Å². The monoisotopic (exact) mass is 383 g/mol.